The molecule has 1 N–H and O–H groups in total. The molecule has 0 amide bonds. The fraction of sp³-hybridized carbons (Fsp3) is 0.353. The van der Waals surface area contributed by atoms with Crippen molar-refractivity contribution in [2.75, 3.05) is 43.4 Å². The molecule has 24 heavy (non-hydrogen) atoms. The van der Waals surface area contributed by atoms with E-state index in [2.05, 4.69) is 27.1 Å². The van der Waals surface area contributed by atoms with Gasteiger partial charge in [-0.25, -0.2) is 4.98 Å². The Kier molecular flexibility index (Phi) is 4.90. The Morgan fingerprint density at radius 2 is 2.00 bits per heavy atom. The highest BCUT2D eigenvalue weighted by atomic mass is 16.6. The van der Waals surface area contributed by atoms with Crippen LogP contribution in [0.5, 0.6) is 0 Å². The van der Waals surface area contributed by atoms with Crippen LogP contribution in [-0.2, 0) is 6.54 Å². The molecule has 0 unspecified atom stereocenters. The SMILES string of the molecule is CN1CCN(c2ccc(NCc3cccc([N+](=O)[O-])c3)cn2)CC1. The van der Waals surface area contributed by atoms with E-state index in [0.29, 0.717) is 6.54 Å². The first-order valence-corrected chi connectivity index (χ1v) is 7.98. The molecule has 1 aliphatic heterocycles. The second-order valence-electron chi connectivity index (χ2n) is 5.98. The molecular formula is C17H21N5O2. The monoisotopic (exact) mass is 327 g/mol. The Bertz CT molecular complexity index is 696. The van der Waals surface area contributed by atoms with Gasteiger partial charge in [-0.1, -0.05) is 12.1 Å². The molecule has 0 radical (unpaired) electrons. The quantitative estimate of drug-likeness (QED) is 0.671. The first-order chi connectivity index (χ1) is 11.6. The fourth-order valence-electron chi connectivity index (χ4n) is 2.70. The van der Waals surface area contributed by atoms with Gasteiger partial charge in [-0.2, -0.15) is 0 Å². The van der Waals surface area contributed by atoms with E-state index in [1.54, 1.807) is 12.1 Å². The van der Waals surface area contributed by atoms with E-state index in [-0.39, 0.29) is 10.6 Å². The number of nitro benzene ring substituents is 1. The number of pyridine rings is 1. The number of nitrogens with one attached hydrogen (secondary N) is 1. The maximum atomic E-state index is 10.8. The minimum absolute atomic E-state index is 0.109. The molecule has 1 aliphatic rings. The summed E-state index contributed by atoms with van der Waals surface area (Å²) in [5, 5.41) is 14.1. The zero-order valence-electron chi connectivity index (χ0n) is 13.7. The van der Waals surface area contributed by atoms with Crippen LogP contribution >= 0.6 is 0 Å². The van der Waals surface area contributed by atoms with E-state index in [9.17, 15) is 10.1 Å². The predicted molar refractivity (Wildman–Crippen MR) is 94.4 cm³/mol. The van der Waals surface area contributed by atoms with Gasteiger partial charge in [-0.15, -0.1) is 0 Å². The lowest BCUT2D eigenvalue weighted by atomic mass is 10.2. The van der Waals surface area contributed by atoms with E-state index in [1.165, 1.54) is 6.07 Å². The molecule has 0 aliphatic carbocycles. The van der Waals surface area contributed by atoms with Crippen molar-refractivity contribution in [1.82, 2.24) is 9.88 Å². The summed E-state index contributed by atoms with van der Waals surface area (Å²) in [6, 6.07) is 10.7. The number of hydrogen-bond acceptors (Lipinski definition) is 6. The van der Waals surface area contributed by atoms with Crippen LogP contribution in [0.2, 0.25) is 0 Å². The molecule has 7 heteroatoms. The zero-order valence-corrected chi connectivity index (χ0v) is 13.7. The first-order valence-electron chi connectivity index (χ1n) is 7.98. The minimum Gasteiger partial charge on any atom is -0.380 e. The van der Waals surface area contributed by atoms with Crippen molar-refractivity contribution in [3.05, 3.63) is 58.3 Å². The van der Waals surface area contributed by atoms with Crippen LogP contribution in [0.15, 0.2) is 42.6 Å². The van der Waals surface area contributed by atoms with Crippen LogP contribution in [-0.4, -0.2) is 48.0 Å². The van der Waals surface area contributed by atoms with Crippen LogP contribution < -0.4 is 10.2 Å². The number of benzene rings is 1. The number of nitro groups is 1. The molecule has 126 valence electrons. The average molecular weight is 327 g/mol. The normalized spacial score (nSPS) is 15.3. The molecule has 3 rings (SSSR count). The van der Waals surface area contributed by atoms with E-state index >= 15 is 0 Å². The van der Waals surface area contributed by atoms with Gasteiger partial charge in [0.1, 0.15) is 5.82 Å². The number of anilines is 2. The van der Waals surface area contributed by atoms with Crippen molar-refractivity contribution in [3.8, 4) is 0 Å². The van der Waals surface area contributed by atoms with Gasteiger partial charge in [0.15, 0.2) is 0 Å². The van der Waals surface area contributed by atoms with E-state index in [4.69, 9.17) is 0 Å². The predicted octanol–water partition coefficient (Wildman–Crippen LogP) is 2.35. The van der Waals surface area contributed by atoms with Crippen molar-refractivity contribution in [1.29, 1.82) is 0 Å². The summed E-state index contributed by atoms with van der Waals surface area (Å²) >= 11 is 0. The molecule has 0 saturated carbocycles. The molecule has 2 aromatic rings. The Hall–Kier alpha value is -2.67. The Morgan fingerprint density at radius 3 is 2.67 bits per heavy atom. The highest BCUT2D eigenvalue weighted by Crippen LogP contribution is 2.18. The van der Waals surface area contributed by atoms with Crippen molar-refractivity contribution < 1.29 is 4.92 Å². The number of likely N-dealkylation sites (N-methyl/N-ethyl adjacent to an activating group) is 1. The standard InChI is InChI=1S/C17H21N5O2/c1-20-7-9-21(10-8-20)17-6-5-15(13-19-17)18-12-14-3-2-4-16(11-14)22(23)24/h2-6,11,13,18H,7-10,12H2,1H3. The number of nitrogens with zero attached hydrogens (tertiary/aromatic N) is 4. The zero-order chi connectivity index (χ0) is 16.9. The van der Waals surface area contributed by atoms with Crippen molar-refractivity contribution in [3.63, 3.8) is 0 Å². The van der Waals surface area contributed by atoms with Crippen LogP contribution in [0.1, 0.15) is 5.56 Å². The second-order valence-corrected chi connectivity index (χ2v) is 5.98. The van der Waals surface area contributed by atoms with E-state index in [0.717, 1.165) is 43.2 Å². The minimum atomic E-state index is -0.379. The second kappa shape index (κ2) is 7.27. The Balaban J connectivity index is 1.58. The van der Waals surface area contributed by atoms with Crippen LogP contribution in [0.4, 0.5) is 17.2 Å². The van der Waals surface area contributed by atoms with Gasteiger partial charge in [-0.05, 0) is 24.7 Å². The Labute approximate surface area is 141 Å². The number of aromatic nitrogens is 1. The molecule has 0 bridgehead atoms. The van der Waals surface area contributed by atoms with Crippen molar-refractivity contribution in [2.45, 2.75) is 6.54 Å². The number of rotatable bonds is 5. The summed E-state index contributed by atoms with van der Waals surface area (Å²) in [4.78, 5) is 19.5. The number of hydrogen-bond donors (Lipinski definition) is 1. The van der Waals surface area contributed by atoms with E-state index in [1.807, 2.05) is 24.4 Å². The van der Waals surface area contributed by atoms with Crippen molar-refractivity contribution in [2.24, 2.45) is 0 Å². The molecule has 1 saturated heterocycles. The van der Waals surface area contributed by atoms with Gasteiger partial charge in [0.2, 0.25) is 0 Å². The lowest BCUT2D eigenvalue weighted by molar-refractivity contribution is -0.384. The highest BCUT2D eigenvalue weighted by molar-refractivity contribution is 5.49. The number of non-ortho nitro benzene ring substituents is 1. The fourth-order valence-corrected chi connectivity index (χ4v) is 2.70. The van der Waals surface area contributed by atoms with Crippen LogP contribution in [0.3, 0.4) is 0 Å². The lowest BCUT2D eigenvalue weighted by Crippen LogP contribution is -2.44. The molecule has 1 aromatic heterocycles. The molecule has 7 nitrogen and oxygen atoms in total. The first kappa shape index (κ1) is 16.2. The third-order valence-corrected chi connectivity index (χ3v) is 4.19. The largest absolute Gasteiger partial charge is 0.380 e. The summed E-state index contributed by atoms with van der Waals surface area (Å²) < 4.78 is 0. The third-order valence-electron chi connectivity index (χ3n) is 4.19. The summed E-state index contributed by atoms with van der Waals surface area (Å²) in [5.74, 6) is 0.990. The summed E-state index contributed by atoms with van der Waals surface area (Å²) in [7, 11) is 2.13. The lowest BCUT2D eigenvalue weighted by Gasteiger charge is -2.33. The molecule has 1 aromatic carbocycles. The molecule has 0 spiro atoms. The summed E-state index contributed by atoms with van der Waals surface area (Å²) in [6.07, 6.45) is 1.81. The molecule has 1 fully saturated rings. The summed E-state index contributed by atoms with van der Waals surface area (Å²) in [6.45, 7) is 4.61. The van der Waals surface area contributed by atoms with E-state index < -0.39 is 0 Å². The van der Waals surface area contributed by atoms with Gasteiger partial charge >= 0.3 is 0 Å². The van der Waals surface area contributed by atoms with Gasteiger partial charge in [0, 0.05) is 44.9 Å². The third kappa shape index (κ3) is 3.99. The smallest absolute Gasteiger partial charge is 0.269 e. The maximum absolute atomic E-state index is 10.8. The van der Waals surface area contributed by atoms with Crippen LogP contribution in [0, 0.1) is 10.1 Å². The topological polar surface area (TPSA) is 74.5 Å². The van der Waals surface area contributed by atoms with Crippen molar-refractivity contribution >= 4 is 17.2 Å². The van der Waals surface area contributed by atoms with Gasteiger partial charge in [-0.3, -0.25) is 10.1 Å². The molecule has 2 heterocycles. The number of piperazine rings is 1. The maximum Gasteiger partial charge on any atom is 0.269 e. The van der Waals surface area contributed by atoms with Gasteiger partial charge in [0.05, 0.1) is 16.8 Å². The van der Waals surface area contributed by atoms with Gasteiger partial charge in [0.25, 0.3) is 5.69 Å². The Morgan fingerprint density at radius 1 is 1.21 bits per heavy atom. The van der Waals surface area contributed by atoms with Gasteiger partial charge < -0.3 is 15.1 Å². The average Bonchev–Trinajstić information content (AvgIpc) is 2.61. The summed E-state index contributed by atoms with van der Waals surface area (Å²) in [5.41, 5.74) is 1.88. The highest BCUT2D eigenvalue weighted by Gasteiger charge is 2.14. The van der Waals surface area contributed by atoms with Crippen LogP contribution in [0.25, 0.3) is 0 Å². The molecule has 0 atom stereocenters. The molecular weight excluding hydrogens is 306 g/mol.